The second-order valence-corrected chi connectivity index (χ2v) is 5.09. The first-order valence-corrected chi connectivity index (χ1v) is 7.69. The minimum atomic E-state index is -0.879. The predicted octanol–water partition coefficient (Wildman–Crippen LogP) is 2.60. The summed E-state index contributed by atoms with van der Waals surface area (Å²) in [7, 11) is 0. The first-order chi connectivity index (χ1) is 12.4. The van der Waals surface area contributed by atoms with E-state index in [1.165, 1.54) is 0 Å². The van der Waals surface area contributed by atoms with Crippen LogP contribution in [-0.4, -0.2) is 44.6 Å². The number of carboxylic acids is 2. The molecule has 0 aromatic heterocycles. The molecule has 136 valence electrons. The molecule has 3 rings (SSSR count). The van der Waals surface area contributed by atoms with Crippen molar-refractivity contribution in [2.24, 2.45) is 0 Å². The summed E-state index contributed by atoms with van der Waals surface area (Å²) in [5, 5.41) is 34.3. The Hall–Kier alpha value is -3.22. The molecule has 0 amide bonds. The van der Waals surface area contributed by atoms with E-state index in [0.717, 1.165) is 0 Å². The van der Waals surface area contributed by atoms with Crippen molar-refractivity contribution in [3.05, 3.63) is 96.1 Å². The molecule has 4 N–H and O–H groups in total. The fraction of sp³-hybridized carbons (Fsp3) is 0.100. The lowest BCUT2D eigenvalue weighted by molar-refractivity contribution is 0.0686. The summed E-state index contributed by atoms with van der Waals surface area (Å²) in [6.45, 7) is 0. The topological polar surface area (TPSA) is 115 Å². The smallest absolute Gasteiger partial charge is 0.335 e. The van der Waals surface area contributed by atoms with E-state index in [1.54, 1.807) is 85.0 Å². The summed E-state index contributed by atoms with van der Waals surface area (Å²) < 4.78 is 0. The van der Waals surface area contributed by atoms with Crippen LogP contribution in [0, 0.1) is 0 Å². The number of benzene rings is 2. The molecule has 0 heterocycles. The number of allylic oxidation sites excluding steroid dienone is 2. The number of aliphatic hydroxyl groups excluding tert-OH is 2. The summed E-state index contributed by atoms with van der Waals surface area (Å²) in [4.78, 5) is 20.4. The van der Waals surface area contributed by atoms with E-state index in [1.807, 2.05) is 0 Å². The van der Waals surface area contributed by atoms with Gasteiger partial charge in [0.05, 0.1) is 11.1 Å². The minimum absolute atomic E-state index is 0.331. The summed E-state index contributed by atoms with van der Waals surface area (Å²) in [5.41, 5.74) is 0.662. The summed E-state index contributed by atoms with van der Waals surface area (Å²) in [5.74, 6) is -1.76. The lowest BCUT2D eigenvalue weighted by atomic mass is 10.1. The maximum absolute atomic E-state index is 10.2. The second-order valence-electron chi connectivity index (χ2n) is 5.09. The van der Waals surface area contributed by atoms with E-state index in [0.29, 0.717) is 11.1 Å². The van der Waals surface area contributed by atoms with Crippen LogP contribution in [0.4, 0.5) is 0 Å². The number of carboxylic acid groups (broad SMARTS) is 2. The number of carbonyl (C=O) groups is 2. The molecule has 0 fully saturated rings. The van der Waals surface area contributed by atoms with Crippen molar-refractivity contribution >= 4 is 11.9 Å². The molecule has 0 radical (unpaired) electrons. The SMILES string of the molecule is O=C(O)c1ccccc1.O=C(O)c1ccccc1.O[C@@H]1C=CC=C[C@@H]1O. The van der Waals surface area contributed by atoms with E-state index in [2.05, 4.69) is 0 Å². The lowest BCUT2D eigenvalue weighted by Crippen LogP contribution is -2.22. The maximum atomic E-state index is 10.2. The molecule has 0 bridgehead atoms. The Morgan fingerprint density at radius 3 is 1.12 bits per heavy atom. The zero-order valence-electron chi connectivity index (χ0n) is 13.8. The van der Waals surface area contributed by atoms with Crippen molar-refractivity contribution in [3.8, 4) is 0 Å². The maximum Gasteiger partial charge on any atom is 0.335 e. The Kier molecular flexibility index (Phi) is 9.09. The Morgan fingerprint density at radius 2 is 0.923 bits per heavy atom. The molecule has 1 aliphatic carbocycles. The van der Waals surface area contributed by atoms with Gasteiger partial charge in [0, 0.05) is 0 Å². The predicted molar refractivity (Wildman–Crippen MR) is 97.1 cm³/mol. The van der Waals surface area contributed by atoms with E-state index in [4.69, 9.17) is 20.4 Å². The number of aliphatic hydroxyl groups is 2. The van der Waals surface area contributed by atoms with Crippen molar-refractivity contribution < 1.29 is 30.0 Å². The number of hydrogen-bond acceptors (Lipinski definition) is 4. The van der Waals surface area contributed by atoms with E-state index >= 15 is 0 Å². The van der Waals surface area contributed by atoms with Crippen LogP contribution in [0.3, 0.4) is 0 Å². The highest BCUT2D eigenvalue weighted by Gasteiger charge is 2.09. The van der Waals surface area contributed by atoms with Crippen LogP contribution in [0.5, 0.6) is 0 Å². The summed E-state index contributed by atoms with van der Waals surface area (Å²) >= 11 is 0. The number of hydrogen-bond donors (Lipinski definition) is 4. The largest absolute Gasteiger partial charge is 0.478 e. The van der Waals surface area contributed by atoms with Gasteiger partial charge in [-0.25, -0.2) is 9.59 Å². The molecule has 2 aromatic carbocycles. The standard InChI is InChI=1S/2C7H6O2.C6H8O2/c2*8-7(9)6-4-2-1-3-5-6;7-5-3-1-2-4-6(5)8/h2*1-5H,(H,8,9);1-8H/t;;5-,6+. The van der Waals surface area contributed by atoms with Crippen molar-refractivity contribution in [2.45, 2.75) is 12.2 Å². The molecule has 0 saturated heterocycles. The van der Waals surface area contributed by atoms with Gasteiger partial charge in [-0.05, 0) is 24.3 Å². The normalized spacial score (nSPS) is 17.2. The highest BCUT2D eigenvalue weighted by atomic mass is 16.4. The third-order valence-corrected chi connectivity index (χ3v) is 3.12. The Morgan fingerprint density at radius 1 is 0.615 bits per heavy atom. The van der Waals surface area contributed by atoms with Crippen LogP contribution in [0.25, 0.3) is 0 Å². The van der Waals surface area contributed by atoms with Crippen LogP contribution in [0.15, 0.2) is 85.0 Å². The van der Waals surface area contributed by atoms with Crippen molar-refractivity contribution in [3.63, 3.8) is 0 Å². The van der Waals surface area contributed by atoms with Gasteiger partial charge < -0.3 is 20.4 Å². The van der Waals surface area contributed by atoms with Gasteiger partial charge in [0.15, 0.2) is 0 Å². The van der Waals surface area contributed by atoms with Crippen molar-refractivity contribution in [2.75, 3.05) is 0 Å². The Labute approximate surface area is 151 Å². The molecular formula is C20H20O6. The Bertz CT molecular complexity index is 672. The molecule has 0 saturated carbocycles. The monoisotopic (exact) mass is 356 g/mol. The van der Waals surface area contributed by atoms with Gasteiger partial charge in [0.1, 0.15) is 12.2 Å². The van der Waals surface area contributed by atoms with Crippen molar-refractivity contribution in [1.29, 1.82) is 0 Å². The number of aromatic carboxylic acids is 2. The molecule has 6 heteroatoms. The molecule has 2 atom stereocenters. The average Bonchev–Trinajstić information content (AvgIpc) is 2.66. The molecule has 0 spiro atoms. The van der Waals surface area contributed by atoms with E-state index < -0.39 is 24.1 Å². The minimum Gasteiger partial charge on any atom is -0.478 e. The quantitative estimate of drug-likeness (QED) is 0.657. The van der Waals surface area contributed by atoms with Gasteiger partial charge in [-0.3, -0.25) is 0 Å². The van der Waals surface area contributed by atoms with Gasteiger partial charge in [-0.1, -0.05) is 60.7 Å². The molecule has 0 aliphatic heterocycles. The van der Waals surface area contributed by atoms with Gasteiger partial charge in [0.25, 0.3) is 0 Å². The fourth-order valence-corrected chi connectivity index (χ4v) is 1.75. The molecule has 1 aliphatic rings. The van der Waals surface area contributed by atoms with E-state index in [-0.39, 0.29) is 0 Å². The zero-order chi connectivity index (χ0) is 19.4. The van der Waals surface area contributed by atoms with Crippen LogP contribution in [0.2, 0.25) is 0 Å². The first-order valence-electron chi connectivity index (χ1n) is 7.69. The zero-order valence-corrected chi connectivity index (χ0v) is 13.8. The van der Waals surface area contributed by atoms with Gasteiger partial charge in [0.2, 0.25) is 0 Å². The van der Waals surface area contributed by atoms with E-state index in [9.17, 15) is 9.59 Å². The van der Waals surface area contributed by atoms with Crippen LogP contribution in [0.1, 0.15) is 20.7 Å². The molecule has 0 unspecified atom stereocenters. The van der Waals surface area contributed by atoms with Gasteiger partial charge in [-0.15, -0.1) is 0 Å². The highest BCUT2D eigenvalue weighted by molar-refractivity contribution is 5.87. The second kappa shape index (κ2) is 11.4. The summed E-state index contributed by atoms with van der Waals surface area (Å²) in [6.07, 6.45) is 5.09. The third-order valence-electron chi connectivity index (χ3n) is 3.12. The van der Waals surface area contributed by atoms with Gasteiger partial charge >= 0.3 is 11.9 Å². The van der Waals surface area contributed by atoms with Crippen LogP contribution < -0.4 is 0 Å². The Balaban J connectivity index is 0.000000195. The summed E-state index contributed by atoms with van der Waals surface area (Å²) in [6, 6.07) is 16.6. The highest BCUT2D eigenvalue weighted by Crippen LogP contribution is 2.02. The lowest BCUT2D eigenvalue weighted by Gasteiger charge is -2.11. The van der Waals surface area contributed by atoms with Crippen LogP contribution >= 0.6 is 0 Å². The van der Waals surface area contributed by atoms with Crippen LogP contribution in [-0.2, 0) is 0 Å². The number of rotatable bonds is 2. The molecule has 2 aromatic rings. The fourth-order valence-electron chi connectivity index (χ4n) is 1.75. The molecular weight excluding hydrogens is 336 g/mol. The average molecular weight is 356 g/mol. The molecule has 26 heavy (non-hydrogen) atoms. The third kappa shape index (κ3) is 8.05. The van der Waals surface area contributed by atoms with Crippen molar-refractivity contribution in [1.82, 2.24) is 0 Å². The molecule has 6 nitrogen and oxygen atoms in total. The van der Waals surface area contributed by atoms with Gasteiger partial charge in [-0.2, -0.15) is 0 Å². The first kappa shape index (κ1) is 20.8.